The third-order valence-corrected chi connectivity index (χ3v) is 5.29. The van der Waals surface area contributed by atoms with Gasteiger partial charge in [0.25, 0.3) is 5.91 Å². The van der Waals surface area contributed by atoms with Crippen LogP contribution in [-0.2, 0) is 12.1 Å². The Morgan fingerprint density at radius 1 is 1.10 bits per heavy atom. The summed E-state index contributed by atoms with van der Waals surface area (Å²) < 4.78 is 40.1. The Morgan fingerprint density at radius 3 is 2.30 bits per heavy atom. The predicted molar refractivity (Wildman–Crippen MR) is 109 cm³/mol. The van der Waals surface area contributed by atoms with Crippen molar-refractivity contribution in [1.82, 2.24) is 5.01 Å². The van der Waals surface area contributed by atoms with E-state index in [0.717, 1.165) is 36.8 Å². The van der Waals surface area contributed by atoms with Crippen molar-refractivity contribution in [3.8, 4) is 0 Å². The zero-order valence-electron chi connectivity index (χ0n) is 17.0. The van der Waals surface area contributed by atoms with Crippen LogP contribution in [-0.4, -0.2) is 27.9 Å². The van der Waals surface area contributed by atoms with E-state index in [-0.39, 0.29) is 11.1 Å². The molecule has 1 aliphatic rings. The molecule has 7 heteroatoms. The van der Waals surface area contributed by atoms with Crippen LogP contribution in [0.5, 0.6) is 0 Å². The summed E-state index contributed by atoms with van der Waals surface area (Å²) in [5, 5.41) is 15.3. The molecule has 2 aromatic carbocycles. The van der Waals surface area contributed by atoms with Crippen LogP contribution in [0.2, 0.25) is 0 Å². The first-order valence-corrected chi connectivity index (χ1v) is 10.0. The fourth-order valence-corrected chi connectivity index (χ4v) is 3.48. The van der Waals surface area contributed by atoms with Gasteiger partial charge in [0, 0.05) is 11.1 Å². The second kappa shape index (κ2) is 8.60. The molecule has 1 heterocycles. The van der Waals surface area contributed by atoms with Crippen molar-refractivity contribution in [2.75, 3.05) is 0 Å². The SMILES string of the molecule is CCCCCc1ccc(C2(O)CC(C(F)(F)F)=NN2C(=O)c2ccc(C)cc2)cc1. The van der Waals surface area contributed by atoms with E-state index in [1.807, 2.05) is 6.92 Å². The summed E-state index contributed by atoms with van der Waals surface area (Å²) in [6, 6.07) is 13.1. The third kappa shape index (κ3) is 4.56. The molecule has 2 aromatic rings. The minimum Gasteiger partial charge on any atom is -0.365 e. The van der Waals surface area contributed by atoms with E-state index < -0.39 is 29.9 Å². The Labute approximate surface area is 174 Å². The minimum absolute atomic E-state index is 0.155. The number of benzene rings is 2. The standard InChI is InChI=1S/C23H25F3N2O2/c1-3-4-5-6-17-9-13-19(14-10-17)22(30)15-20(23(24,25)26)27-28(22)21(29)18-11-7-16(2)8-12-18/h7-14,30H,3-6,15H2,1-2H3. The van der Waals surface area contributed by atoms with E-state index in [2.05, 4.69) is 12.0 Å². The Morgan fingerprint density at radius 2 is 1.73 bits per heavy atom. The van der Waals surface area contributed by atoms with Crippen LogP contribution in [0.25, 0.3) is 0 Å². The van der Waals surface area contributed by atoms with Gasteiger partial charge in [0.05, 0.1) is 6.42 Å². The normalized spacial score (nSPS) is 19.1. The molecule has 160 valence electrons. The maximum Gasteiger partial charge on any atom is 0.431 e. The summed E-state index contributed by atoms with van der Waals surface area (Å²) in [4.78, 5) is 13.0. The van der Waals surface area contributed by atoms with E-state index in [9.17, 15) is 23.1 Å². The van der Waals surface area contributed by atoms with Gasteiger partial charge in [-0.05, 0) is 37.5 Å². The highest BCUT2D eigenvalue weighted by atomic mass is 19.4. The number of hydrazone groups is 1. The molecular formula is C23H25F3N2O2. The lowest BCUT2D eigenvalue weighted by molar-refractivity contribution is -0.0816. The summed E-state index contributed by atoms with van der Waals surface area (Å²) in [5.74, 6) is -0.788. The molecule has 0 aliphatic carbocycles. The lowest BCUT2D eigenvalue weighted by Gasteiger charge is -2.31. The number of carbonyl (C=O) groups excluding carboxylic acids is 1. The van der Waals surface area contributed by atoms with E-state index in [0.29, 0.717) is 5.01 Å². The molecule has 1 N–H and O–H groups in total. The van der Waals surface area contributed by atoms with Crippen LogP contribution >= 0.6 is 0 Å². The van der Waals surface area contributed by atoms with Gasteiger partial charge < -0.3 is 5.11 Å². The van der Waals surface area contributed by atoms with Gasteiger partial charge in [0.2, 0.25) is 0 Å². The van der Waals surface area contributed by atoms with Crippen molar-refractivity contribution in [3.05, 3.63) is 70.8 Å². The first-order chi connectivity index (χ1) is 14.1. The molecule has 4 nitrogen and oxygen atoms in total. The van der Waals surface area contributed by atoms with Gasteiger partial charge in [-0.3, -0.25) is 4.79 Å². The molecular weight excluding hydrogens is 393 g/mol. The second-order valence-electron chi connectivity index (χ2n) is 7.67. The number of amides is 1. The van der Waals surface area contributed by atoms with Crippen molar-refractivity contribution in [2.24, 2.45) is 5.10 Å². The van der Waals surface area contributed by atoms with E-state index >= 15 is 0 Å². The molecule has 30 heavy (non-hydrogen) atoms. The molecule has 1 aliphatic heterocycles. The fraction of sp³-hybridized carbons (Fsp3) is 0.391. The molecule has 0 spiro atoms. The largest absolute Gasteiger partial charge is 0.431 e. The average Bonchev–Trinajstić information content (AvgIpc) is 3.08. The van der Waals surface area contributed by atoms with Gasteiger partial charge in [-0.1, -0.05) is 61.7 Å². The number of aryl methyl sites for hydroxylation is 2. The summed E-state index contributed by atoms with van der Waals surface area (Å²) >= 11 is 0. The quantitative estimate of drug-likeness (QED) is 0.644. The molecule has 1 amide bonds. The van der Waals surface area contributed by atoms with Crippen LogP contribution in [0, 0.1) is 6.92 Å². The van der Waals surface area contributed by atoms with Crippen molar-refractivity contribution in [3.63, 3.8) is 0 Å². The van der Waals surface area contributed by atoms with Crippen molar-refractivity contribution < 1.29 is 23.1 Å². The van der Waals surface area contributed by atoms with Crippen molar-refractivity contribution in [1.29, 1.82) is 0 Å². The zero-order chi connectivity index (χ0) is 21.9. The van der Waals surface area contributed by atoms with Crippen LogP contribution in [0.1, 0.15) is 59.7 Å². The number of rotatable bonds is 6. The van der Waals surface area contributed by atoms with Crippen LogP contribution in [0.4, 0.5) is 13.2 Å². The molecule has 0 aromatic heterocycles. The maximum absolute atomic E-state index is 13.4. The first-order valence-electron chi connectivity index (χ1n) is 10.0. The fourth-order valence-electron chi connectivity index (χ4n) is 3.48. The van der Waals surface area contributed by atoms with Crippen LogP contribution in [0.15, 0.2) is 53.6 Å². The first kappa shape index (κ1) is 22.0. The summed E-state index contributed by atoms with van der Waals surface area (Å²) in [7, 11) is 0. The monoisotopic (exact) mass is 418 g/mol. The highest BCUT2D eigenvalue weighted by Crippen LogP contribution is 2.40. The molecule has 0 bridgehead atoms. The Bertz CT molecular complexity index is 921. The lowest BCUT2D eigenvalue weighted by Crippen LogP contribution is -2.43. The Kier molecular flexibility index (Phi) is 6.31. The van der Waals surface area contributed by atoms with Gasteiger partial charge in [0.1, 0.15) is 5.71 Å². The average molecular weight is 418 g/mol. The number of hydrogen-bond acceptors (Lipinski definition) is 3. The molecule has 1 atom stereocenters. The zero-order valence-corrected chi connectivity index (χ0v) is 17.0. The van der Waals surface area contributed by atoms with Gasteiger partial charge in [-0.15, -0.1) is 0 Å². The number of nitrogens with zero attached hydrogens (tertiary/aromatic N) is 2. The number of aliphatic hydroxyl groups is 1. The van der Waals surface area contributed by atoms with Crippen LogP contribution < -0.4 is 0 Å². The number of hydrogen-bond donors (Lipinski definition) is 1. The van der Waals surface area contributed by atoms with Gasteiger partial charge in [0.15, 0.2) is 5.72 Å². The second-order valence-corrected chi connectivity index (χ2v) is 7.67. The van der Waals surface area contributed by atoms with Gasteiger partial charge >= 0.3 is 6.18 Å². The summed E-state index contributed by atoms with van der Waals surface area (Å²) in [6.45, 7) is 3.94. The molecule has 1 unspecified atom stereocenters. The van der Waals surface area contributed by atoms with Gasteiger partial charge in [-0.25, -0.2) is 0 Å². The molecule has 0 saturated carbocycles. The topological polar surface area (TPSA) is 52.9 Å². The van der Waals surface area contributed by atoms with E-state index in [4.69, 9.17) is 0 Å². The van der Waals surface area contributed by atoms with Gasteiger partial charge in [-0.2, -0.15) is 23.3 Å². The maximum atomic E-state index is 13.4. The highest BCUT2D eigenvalue weighted by molar-refractivity contribution is 5.99. The number of halogens is 3. The van der Waals surface area contributed by atoms with Crippen LogP contribution in [0.3, 0.4) is 0 Å². The summed E-state index contributed by atoms with van der Waals surface area (Å²) in [6.07, 6.45) is -1.51. The van der Waals surface area contributed by atoms with E-state index in [1.165, 1.54) is 12.1 Å². The number of unbranched alkanes of at least 4 members (excludes halogenated alkanes) is 2. The van der Waals surface area contributed by atoms with Crippen molar-refractivity contribution >= 4 is 11.6 Å². The smallest absolute Gasteiger partial charge is 0.365 e. The number of alkyl halides is 3. The molecule has 3 rings (SSSR count). The molecule has 0 fully saturated rings. The van der Waals surface area contributed by atoms with E-state index in [1.54, 1.807) is 36.4 Å². The highest BCUT2D eigenvalue weighted by Gasteiger charge is 2.53. The lowest BCUT2D eigenvalue weighted by atomic mass is 9.94. The Balaban J connectivity index is 1.93. The van der Waals surface area contributed by atoms with Crippen molar-refractivity contribution in [2.45, 2.75) is 57.9 Å². The molecule has 0 saturated heterocycles. The Hall–Kier alpha value is -2.67. The molecule has 0 radical (unpaired) electrons. The third-order valence-electron chi connectivity index (χ3n) is 5.29. The predicted octanol–water partition coefficient (Wildman–Crippen LogP) is 5.34. The summed E-state index contributed by atoms with van der Waals surface area (Å²) in [5.41, 5.74) is -1.09. The number of carbonyl (C=O) groups is 1. The minimum atomic E-state index is -4.74.